The number of rotatable bonds is 3. The molecule has 3 N–H and O–H groups in total. The van der Waals surface area contributed by atoms with E-state index in [2.05, 4.69) is 15.4 Å². The van der Waals surface area contributed by atoms with Crippen molar-refractivity contribution < 1.29 is 9.59 Å². The van der Waals surface area contributed by atoms with Crippen molar-refractivity contribution in [3.05, 3.63) is 28.0 Å². The van der Waals surface area contributed by atoms with E-state index in [1.54, 1.807) is 12.4 Å². The molecule has 2 aromatic heterocycles. The van der Waals surface area contributed by atoms with Gasteiger partial charge in [-0.05, 0) is 0 Å². The third-order valence-corrected chi connectivity index (χ3v) is 3.96. The number of aryl methyl sites for hydroxylation is 1. The van der Waals surface area contributed by atoms with Crippen molar-refractivity contribution in [3.63, 3.8) is 0 Å². The Kier molecular flexibility index (Phi) is 3.82. The van der Waals surface area contributed by atoms with Gasteiger partial charge in [0.05, 0.1) is 10.7 Å². The Hall–Kier alpha value is -2.22. The number of amides is 2. The summed E-state index contributed by atoms with van der Waals surface area (Å²) in [6.45, 7) is 6.08. The van der Waals surface area contributed by atoms with Crippen LogP contribution >= 0.6 is 11.3 Å². The van der Waals surface area contributed by atoms with E-state index in [4.69, 9.17) is 5.73 Å². The standard InChI is InChI=1S/C13H17N5O2S/c1-13(2,3)12-16-8(6-21-12)11(20)15-7-5-18(4)17-9(7)10(14)19/h5-6H,1-4H3,(H2,14,19)(H,15,20). The maximum absolute atomic E-state index is 12.2. The molecule has 0 spiro atoms. The minimum Gasteiger partial charge on any atom is -0.364 e. The fraction of sp³-hybridized carbons (Fsp3) is 0.385. The van der Waals surface area contributed by atoms with Crippen LogP contribution in [-0.4, -0.2) is 26.6 Å². The second kappa shape index (κ2) is 5.28. The number of carbonyl (C=O) groups is 2. The summed E-state index contributed by atoms with van der Waals surface area (Å²) >= 11 is 1.43. The lowest BCUT2D eigenvalue weighted by Gasteiger charge is -2.13. The molecule has 2 heterocycles. The number of nitrogens with zero attached hydrogens (tertiary/aromatic N) is 3. The average Bonchev–Trinajstić information content (AvgIpc) is 2.94. The summed E-state index contributed by atoms with van der Waals surface area (Å²) in [6, 6.07) is 0. The molecular formula is C13H17N5O2S. The van der Waals surface area contributed by atoms with E-state index >= 15 is 0 Å². The van der Waals surface area contributed by atoms with Crippen molar-refractivity contribution in [2.75, 3.05) is 5.32 Å². The van der Waals surface area contributed by atoms with Crippen LogP contribution in [0.4, 0.5) is 5.69 Å². The maximum atomic E-state index is 12.2. The highest BCUT2D eigenvalue weighted by Gasteiger charge is 2.22. The van der Waals surface area contributed by atoms with Crippen LogP contribution in [0, 0.1) is 0 Å². The van der Waals surface area contributed by atoms with Crippen molar-refractivity contribution in [2.45, 2.75) is 26.2 Å². The molecule has 0 aromatic carbocycles. The monoisotopic (exact) mass is 307 g/mol. The lowest BCUT2D eigenvalue weighted by Crippen LogP contribution is -2.18. The molecule has 2 aromatic rings. The summed E-state index contributed by atoms with van der Waals surface area (Å²) in [7, 11) is 1.64. The van der Waals surface area contributed by atoms with Crippen LogP contribution in [0.5, 0.6) is 0 Å². The van der Waals surface area contributed by atoms with Crippen LogP contribution in [0.25, 0.3) is 0 Å². The lowest BCUT2D eigenvalue weighted by atomic mass is 9.98. The quantitative estimate of drug-likeness (QED) is 0.897. The molecule has 2 amide bonds. The fourth-order valence-electron chi connectivity index (χ4n) is 1.67. The zero-order chi connectivity index (χ0) is 15.8. The second-order valence-corrected chi connectivity index (χ2v) is 6.53. The molecule has 0 aliphatic carbocycles. The van der Waals surface area contributed by atoms with Gasteiger partial charge in [0.1, 0.15) is 5.69 Å². The summed E-state index contributed by atoms with van der Waals surface area (Å²) in [5.74, 6) is -1.09. The first-order chi connectivity index (χ1) is 9.68. The Bertz CT molecular complexity index is 696. The Morgan fingerprint density at radius 1 is 1.38 bits per heavy atom. The largest absolute Gasteiger partial charge is 0.364 e. The molecule has 112 valence electrons. The van der Waals surface area contributed by atoms with Gasteiger partial charge in [-0.2, -0.15) is 5.10 Å². The van der Waals surface area contributed by atoms with Crippen LogP contribution in [0.3, 0.4) is 0 Å². The molecule has 8 heteroatoms. The van der Waals surface area contributed by atoms with Gasteiger partial charge in [0.25, 0.3) is 11.8 Å². The van der Waals surface area contributed by atoms with Crippen molar-refractivity contribution in [2.24, 2.45) is 12.8 Å². The number of hydrogen-bond donors (Lipinski definition) is 2. The Balaban J connectivity index is 2.22. The minimum atomic E-state index is -0.695. The molecule has 0 saturated carbocycles. The highest BCUT2D eigenvalue weighted by Crippen LogP contribution is 2.26. The van der Waals surface area contributed by atoms with Crippen LogP contribution in [0.1, 0.15) is 46.8 Å². The third-order valence-electron chi connectivity index (χ3n) is 2.69. The van der Waals surface area contributed by atoms with E-state index in [-0.39, 0.29) is 16.8 Å². The van der Waals surface area contributed by atoms with Crippen molar-refractivity contribution in [1.29, 1.82) is 0 Å². The molecule has 21 heavy (non-hydrogen) atoms. The summed E-state index contributed by atoms with van der Waals surface area (Å²) < 4.78 is 1.41. The van der Waals surface area contributed by atoms with Gasteiger partial charge in [0.15, 0.2) is 5.69 Å². The van der Waals surface area contributed by atoms with Gasteiger partial charge in [-0.25, -0.2) is 4.98 Å². The van der Waals surface area contributed by atoms with Gasteiger partial charge in [-0.3, -0.25) is 14.3 Å². The SMILES string of the molecule is Cn1cc(NC(=O)c2csc(C(C)(C)C)n2)c(C(N)=O)n1. The second-order valence-electron chi connectivity index (χ2n) is 5.67. The Labute approximate surface area is 126 Å². The van der Waals surface area contributed by atoms with Crippen LogP contribution < -0.4 is 11.1 Å². The van der Waals surface area contributed by atoms with Gasteiger partial charge in [-0.15, -0.1) is 11.3 Å². The van der Waals surface area contributed by atoms with E-state index in [0.29, 0.717) is 5.69 Å². The first-order valence-electron chi connectivity index (χ1n) is 6.29. The average molecular weight is 307 g/mol. The van der Waals surface area contributed by atoms with Gasteiger partial charge in [0.2, 0.25) is 0 Å². The first kappa shape index (κ1) is 15.2. The van der Waals surface area contributed by atoms with Crippen molar-refractivity contribution >= 4 is 28.8 Å². The predicted octanol–water partition coefficient (Wildman–Crippen LogP) is 1.53. The topological polar surface area (TPSA) is 103 Å². The summed E-state index contributed by atoms with van der Waals surface area (Å²) in [5, 5.41) is 9.09. The molecule has 7 nitrogen and oxygen atoms in total. The summed E-state index contributed by atoms with van der Waals surface area (Å²) in [6.07, 6.45) is 1.52. The number of anilines is 1. The Morgan fingerprint density at radius 3 is 2.57 bits per heavy atom. The van der Waals surface area contributed by atoms with E-state index in [0.717, 1.165) is 5.01 Å². The van der Waals surface area contributed by atoms with Gasteiger partial charge < -0.3 is 11.1 Å². The number of nitrogens with one attached hydrogen (secondary N) is 1. The van der Waals surface area contributed by atoms with Crippen LogP contribution in [0.2, 0.25) is 0 Å². The molecule has 0 bridgehead atoms. The van der Waals surface area contributed by atoms with Crippen molar-refractivity contribution in [1.82, 2.24) is 14.8 Å². The van der Waals surface area contributed by atoms with E-state index in [1.165, 1.54) is 22.2 Å². The molecule has 0 saturated heterocycles. The van der Waals surface area contributed by atoms with Gasteiger partial charge in [-0.1, -0.05) is 20.8 Å². The number of hydrogen-bond acceptors (Lipinski definition) is 5. The highest BCUT2D eigenvalue weighted by atomic mass is 32.1. The number of carbonyl (C=O) groups excluding carboxylic acids is 2. The number of aromatic nitrogens is 3. The zero-order valence-corrected chi connectivity index (χ0v) is 13.1. The summed E-state index contributed by atoms with van der Waals surface area (Å²) in [5.41, 5.74) is 5.72. The molecule has 0 aliphatic heterocycles. The third kappa shape index (κ3) is 3.27. The molecule has 0 fully saturated rings. The highest BCUT2D eigenvalue weighted by molar-refractivity contribution is 7.10. The van der Waals surface area contributed by atoms with Gasteiger partial charge >= 0.3 is 0 Å². The van der Waals surface area contributed by atoms with E-state index in [9.17, 15) is 9.59 Å². The minimum absolute atomic E-state index is 0.0251. The summed E-state index contributed by atoms with van der Waals surface area (Å²) in [4.78, 5) is 27.8. The predicted molar refractivity (Wildman–Crippen MR) is 80.5 cm³/mol. The maximum Gasteiger partial charge on any atom is 0.275 e. The molecule has 0 atom stereocenters. The molecule has 2 rings (SSSR count). The normalized spacial score (nSPS) is 11.4. The first-order valence-corrected chi connectivity index (χ1v) is 7.17. The molecule has 0 radical (unpaired) electrons. The fourth-order valence-corrected chi connectivity index (χ4v) is 2.56. The number of thiazole rings is 1. The van der Waals surface area contributed by atoms with Crippen LogP contribution in [0.15, 0.2) is 11.6 Å². The molecular weight excluding hydrogens is 290 g/mol. The van der Waals surface area contributed by atoms with E-state index < -0.39 is 11.8 Å². The van der Waals surface area contributed by atoms with Gasteiger partial charge in [0, 0.05) is 24.0 Å². The Morgan fingerprint density at radius 2 is 2.05 bits per heavy atom. The van der Waals surface area contributed by atoms with Crippen LogP contribution in [-0.2, 0) is 12.5 Å². The molecule has 0 unspecified atom stereocenters. The number of primary amides is 1. The number of nitrogens with two attached hydrogens (primary N) is 1. The smallest absolute Gasteiger partial charge is 0.275 e. The van der Waals surface area contributed by atoms with Crippen molar-refractivity contribution in [3.8, 4) is 0 Å². The van der Waals surface area contributed by atoms with E-state index in [1.807, 2.05) is 20.8 Å². The zero-order valence-electron chi connectivity index (χ0n) is 12.3. The lowest BCUT2D eigenvalue weighted by molar-refractivity contribution is 0.0995. The molecule has 0 aliphatic rings.